The molecule has 244 valence electrons. The fraction of sp³-hybridized carbons (Fsp3) is 0.241. The monoisotopic (exact) mass is 705 g/mol. The molecule has 0 spiro atoms. The maximum Gasteiger partial charge on any atom is 0.181 e. The smallest absolute Gasteiger partial charge is 0.181 e. The number of rotatable bonds is 13. The Morgan fingerprint density at radius 3 is 2.11 bits per heavy atom. The van der Waals surface area contributed by atoms with Crippen LogP contribution in [0.15, 0.2) is 89.7 Å². The Bertz CT molecular complexity index is 2040. The largest absolute Gasteiger partial charge is 0.505 e. The number of benzene rings is 4. The molecule has 0 radical (unpaired) electrons. The maximum absolute atomic E-state index is 12.6. The van der Waals surface area contributed by atoms with Gasteiger partial charge < -0.3 is 25.4 Å². The van der Waals surface area contributed by atoms with Crippen molar-refractivity contribution in [2.45, 2.75) is 21.6 Å². The van der Waals surface area contributed by atoms with E-state index in [1.807, 2.05) is 0 Å². The van der Waals surface area contributed by atoms with Crippen LogP contribution in [0.3, 0.4) is 0 Å². The first-order chi connectivity index (χ1) is 21.9. The minimum absolute atomic E-state index is 0.00391. The van der Waals surface area contributed by atoms with Crippen molar-refractivity contribution in [2.24, 2.45) is 20.5 Å². The highest BCUT2D eigenvalue weighted by Crippen LogP contribution is 2.46. The van der Waals surface area contributed by atoms with E-state index in [9.17, 15) is 21.9 Å². The number of hydrogen-bond acceptors (Lipinski definition) is 15. The third-order valence-electron chi connectivity index (χ3n) is 6.74. The summed E-state index contributed by atoms with van der Waals surface area (Å²) in [7, 11) is -6.03. The molecule has 0 heterocycles. The van der Waals surface area contributed by atoms with E-state index in [2.05, 4.69) is 51.0 Å². The van der Waals surface area contributed by atoms with Gasteiger partial charge in [-0.3, -0.25) is 0 Å². The highest BCUT2D eigenvalue weighted by Gasteiger charge is 2.21. The van der Waals surface area contributed by atoms with E-state index in [0.717, 1.165) is 0 Å². The van der Waals surface area contributed by atoms with Crippen LogP contribution in [0.25, 0.3) is 10.8 Å². The Kier molecular flexibility index (Phi) is 11.3. The van der Waals surface area contributed by atoms with Gasteiger partial charge in [-0.15, -0.1) is 28.0 Å². The number of methoxy groups -OCH3 is 1. The second-order valence-corrected chi connectivity index (χ2v) is 14.7. The van der Waals surface area contributed by atoms with Gasteiger partial charge in [-0.05, 0) is 61.0 Å². The van der Waals surface area contributed by atoms with Crippen LogP contribution < -0.4 is 10.1 Å². The standard InChI is InChI=1S/C29H31N5O8S4/c1-17-13-23(24(42-2)15-26(17)46(40,41)12-10-36)32-34-28-25(44)14-21-20(29(28)37)7-8-22(30-16-43)27(21)33-31-18-3-5-19(6-4-18)45(38,39)11-9-35/h3-8,13-15,30,35-37,43-44H,9-12,16H2,1-2H3/b33-31+,34-32+. The lowest BCUT2D eigenvalue weighted by Gasteiger charge is -2.13. The molecule has 0 amide bonds. The first-order valence-corrected chi connectivity index (χ1v) is 17.9. The fourth-order valence-electron chi connectivity index (χ4n) is 4.48. The van der Waals surface area contributed by atoms with Crippen molar-refractivity contribution < 1.29 is 36.9 Å². The second-order valence-electron chi connectivity index (χ2n) is 9.75. The first-order valence-electron chi connectivity index (χ1n) is 13.5. The summed E-state index contributed by atoms with van der Waals surface area (Å²) in [5, 5.41) is 50.4. The Labute approximate surface area is 276 Å². The zero-order valence-electron chi connectivity index (χ0n) is 24.6. The minimum Gasteiger partial charge on any atom is -0.505 e. The molecular weight excluding hydrogens is 675 g/mol. The number of fused-ring (bicyclic) bond motifs is 1. The van der Waals surface area contributed by atoms with Crippen molar-refractivity contribution in [1.82, 2.24) is 0 Å². The van der Waals surface area contributed by atoms with Crippen LogP contribution in [-0.2, 0) is 19.7 Å². The zero-order valence-corrected chi connectivity index (χ0v) is 28.0. The molecule has 0 atom stereocenters. The molecule has 4 rings (SSSR count). The molecule has 4 aromatic rings. The molecule has 0 bridgehead atoms. The lowest BCUT2D eigenvalue weighted by atomic mass is 10.1. The van der Waals surface area contributed by atoms with Crippen molar-refractivity contribution in [3.63, 3.8) is 0 Å². The van der Waals surface area contributed by atoms with E-state index >= 15 is 0 Å². The molecule has 0 aliphatic heterocycles. The number of phenols is 1. The number of thiol groups is 2. The minimum atomic E-state index is -3.75. The average molecular weight is 706 g/mol. The molecule has 4 aromatic carbocycles. The zero-order chi connectivity index (χ0) is 33.6. The Morgan fingerprint density at radius 1 is 0.826 bits per heavy atom. The van der Waals surface area contributed by atoms with Gasteiger partial charge in [0, 0.05) is 21.7 Å². The third-order valence-corrected chi connectivity index (χ3v) is 10.8. The van der Waals surface area contributed by atoms with Crippen LogP contribution in [0.2, 0.25) is 0 Å². The fourth-order valence-corrected chi connectivity index (χ4v) is 7.25. The van der Waals surface area contributed by atoms with Gasteiger partial charge in [0.15, 0.2) is 25.4 Å². The molecule has 4 N–H and O–H groups in total. The Morgan fingerprint density at radius 2 is 1.48 bits per heavy atom. The lowest BCUT2D eigenvalue weighted by molar-refractivity contribution is 0.319. The number of phenolic OH excluding ortho intramolecular Hbond substituents is 1. The van der Waals surface area contributed by atoms with E-state index < -0.39 is 44.4 Å². The topological polar surface area (TPSA) is 200 Å². The summed E-state index contributed by atoms with van der Waals surface area (Å²) < 4.78 is 54.9. The summed E-state index contributed by atoms with van der Waals surface area (Å²) >= 11 is 8.77. The van der Waals surface area contributed by atoms with E-state index in [1.54, 1.807) is 25.1 Å². The number of nitrogens with one attached hydrogen (secondary N) is 1. The van der Waals surface area contributed by atoms with Crippen molar-refractivity contribution in [3.8, 4) is 11.5 Å². The molecule has 0 aliphatic carbocycles. The van der Waals surface area contributed by atoms with Gasteiger partial charge in [0.2, 0.25) is 0 Å². The molecular formula is C29H31N5O8S4. The van der Waals surface area contributed by atoms with Gasteiger partial charge in [0.25, 0.3) is 0 Å². The van der Waals surface area contributed by atoms with E-state index in [-0.39, 0.29) is 43.4 Å². The predicted molar refractivity (Wildman–Crippen MR) is 181 cm³/mol. The van der Waals surface area contributed by atoms with Crippen LogP contribution >= 0.6 is 25.3 Å². The molecule has 0 unspecified atom stereocenters. The molecule has 46 heavy (non-hydrogen) atoms. The lowest BCUT2D eigenvalue weighted by Crippen LogP contribution is -2.11. The maximum atomic E-state index is 12.6. The Balaban J connectivity index is 1.76. The predicted octanol–water partition coefficient (Wildman–Crippen LogP) is 5.81. The van der Waals surface area contributed by atoms with Gasteiger partial charge in [-0.25, -0.2) is 16.8 Å². The molecule has 0 fully saturated rings. The number of hydrogen-bond donors (Lipinski definition) is 6. The van der Waals surface area contributed by atoms with Gasteiger partial charge in [-0.1, -0.05) is 0 Å². The summed E-state index contributed by atoms with van der Waals surface area (Å²) in [4.78, 5) is 0.283. The third kappa shape index (κ3) is 7.62. The van der Waals surface area contributed by atoms with Crippen LogP contribution in [0, 0.1) is 6.92 Å². The summed E-state index contributed by atoms with van der Waals surface area (Å²) in [6.45, 7) is 0.563. The average Bonchev–Trinajstić information content (AvgIpc) is 3.00. The van der Waals surface area contributed by atoms with E-state index in [0.29, 0.717) is 33.4 Å². The van der Waals surface area contributed by atoms with Crippen LogP contribution in [0.1, 0.15) is 5.56 Å². The van der Waals surface area contributed by atoms with Crippen molar-refractivity contribution >= 4 is 84.1 Å². The summed E-state index contributed by atoms with van der Waals surface area (Å²) in [5.41, 5.74) is 1.86. The number of ether oxygens (including phenoxy) is 1. The Hall–Kier alpha value is -3.74. The molecule has 13 nitrogen and oxygen atoms in total. The number of anilines is 1. The van der Waals surface area contributed by atoms with Gasteiger partial charge >= 0.3 is 0 Å². The van der Waals surface area contributed by atoms with Crippen molar-refractivity contribution in [1.29, 1.82) is 0 Å². The first kappa shape index (κ1) is 35.1. The number of azo groups is 2. The van der Waals surface area contributed by atoms with E-state index in [1.165, 1.54) is 43.5 Å². The molecule has 0 saturated carbocycles. The quantitative estimate of drug-likeness (QED) is 0.0564. The normalized spacial score (nSPS) is 12.4. The number of aromatic hydroxyl groups is 1. The SMILES string of the molecule is COc1cc(S(=O)(=O)CCO)c(C)cc1/N=N/c1c(S)cc2c(/N=N/c3ccc(S(=O)(=O)CCO)cc3)c(NCS)ccc2c1O. The van der Waals surface area contributed by atoms with Crippen LogP contribution in [0.5, 0.6) is 11.5 Å². The number of aliphatic hydroxyl groups excluding tert-OH is 2. The van der Waals surface area contributed by atoms with Crippen molar-refractivity contribution in [2.75, 3.05) is 43.0 Å². The van der Waals surface area contributed by atoms with Crippen molar-refractivity contribution in [3.05, 3.63) is 60.2 Å². The molecule has 0 saturated heterocycles. The summed E-state index contributed by atoms with van der Waals surface area (Å²) in [6.07, 6.45) is 0. The summed E-state index contributed by atoms with van der Waals surface area (Å²) in [5.74, 6) is -0.707. The number of aryl methyl sites for hydroxylation is 1. The molecule has 0 aromatic heterocycles. The highest BCUT2D eigenvalue weighted by atomic mass is 32.2. The summed E-state index contributed by atoms with van der Waals surface area (Å²) in [6, 6.07) is 13.5. The molecule has 0 aliphatic rings. The van der Waals surface area contributed by atoms with Gasteiger partial charge in [0.1, 0.15) is 22.8 Å². The van der Waals surface area contributed by atoms with E-state index in [4.69, 9.17) is 14.9 Å². The van der Waals surface area contributed by atoms with Gasteiger partial charge in [0.05, 0.1) is 58.9 Å². The van der Waals surface area contributed by atoms with Gasteiger partial charge in [-0.2, -0.15) is 17.7 Å². The highest BCUT2D eigenvalue weighted by molar-refractivity contribution is 7.91. The number of aliphatic hydroxyl groups is 2. The molecule has 17 heteroatoms. The second kappa shape index (κ2) is 14.8. The number of sulfone groups is 2. The van der Waals surface area contributed by atoms with Crippen LogP contribution in [0.4, 0.5) is 28.4 Å². The van der Waals surface area contributed by atoms with Crippen LogP contribution in [-0.4, -0.2) is 69.9 Å². The number of nitrogens with zero attached hydrogens (tertiary/aromatic N) is 4.